The molecule has 2 N–H and O–H groups in total. The number of carboxylic acid groups (broad SMARTS) is 1. The van der Waals surface area contributed by atoms with E-state index in [2.05, 4.69) is 0 Å². The molecule has 2 aromatic carbocycles. The molecule has 1 heterocycles. The van der Waals surface area contributed by atoms with Crippen LogP contribution in [-0.2, 0) is 4.79 Å². The number of halogens is 1. The predicted octanol–water partition coefficient (Wildman–Crippen LogP) is 4.21. The molecule has 0 aliphatic heterocycles. The molecule has 24 heavy (non-hydrogen) atoms. The molecule has 0 spiro atoms. The molecule has 0 bridgehead atoms. The average molecular weight is 345 g/mol. The van der Waals surface area contributed by atoms with Crippen molar-refractivity contribution in [1.29, 1.82) is 0 Å². The van der Waals surface area contributed by atoms with Crippen LogP contribution in [-0.4, -0.2) is 22.0 Å². The highest BCUT2D eigenvalue weighted by Crippen LogP contribution is 2.37. The summed E-state index contributed by atoms with van der Waals surface area (Å²) in [6, 6.07) is 9.33. The second-order valence-corrected chi connectivity index (χ2v) is 5.86. The van der Waals surface area contributed by atoms with Gasteiger partial charge in [0.25, 0.3) is 0 Å². The normalized spacial score (nSPS) is 12.2. The highest BCUT2D eigenvalue weighted by molar-refractivity contribution is 6.30. The molecule has 3 aromatic rings. The van der Waals surface area contributed by atoms with E-state index in [1.165, 1.54) is 31.4 Å². The number of phenols is 1. The van der Waals surface area contributed by atoms with E-state index in [0.29, 0.717) is 16.0 Å². The third-order valence-corrected chi connectivity index (χ3v) is 4.17. The fourth-order valence-electron chi connectivity index (χ4n) is 2.54. The topological polar surface area (TPSA) is 87.7 Å². The van der Waals surface area contributed by atoms with Crippen molar-refractivity contribution in [2.45, 2.75) is 12.8 Å². The average Bonchev–Trinajstić information content (AvgIpc) is 3.01. The number of carboxylic acids is 1. The minimum atomic E-state index is -1.10. The van der Waals surface area contributed by atoms with Gasteiger partial charge in [0.1, 0.15) is 16.9 Å². The molecule has 1 unspecified atom stereocenters. The van der Waals surface area contributed by atoms with Crippen LogP contribution in [0.4, 0.5) is 0 Å². The van der Waals surface area contributed by atoms with E-state index in [-0.39, 0.29) is 22.5 Å². The van der Waals surface area contributed by atoms with Crippen LogP contribution in [0, 0.1) is 0 Å². The van der Waals surface area contributed by atoms with Crippen molar-refractivity contribution in [3.8, 4) is 5.75 Å². The van der Waals surface area contributed by atoms with Crippen molar-refractivity contribution in [3.05, 3.63) is 64.4 Å². The summed E-state index contributed by atoms with van der Waals surface area (Å²) < 4.78 is 5.34. The Labute approximate surface area is 142 Å². The minimum Gasteiger partial charge on any atom is -0.507 e. The molecule has 0 saturated heterocycles. The van der Waals surface area contributed by atoms with Gasteiger partial charge in [-0.15, -0.1) is 0 Å². The Morgan fingerprint density at radius 1 is 1.17 bits per heavy atom. The third-order valence-electron chi connectivity index (χ3n) is 3.91. The van der Waals surface area contributed by atoms with Crippen molar-refractivity contribution < 1.29 is 24.2 Å². The van der Waals surface area contributed by atoms with E-state index in [0.717, 1.165) is 0 Å². The first-order chi connectivity index (χ1) is 11.4. The summed E-state index contributed by atoms with van der Waals surface area (Å²) in [6.07, 6.45) is 1.39. The molecule has 3 rings (SSSR count). The van der Waals surface area contributed by atoms with Gasteiger partial charge in [-0.1, -0.05) is 11.6 Å². The molecular formula is C18H13ClO5. The molecule has 0 fully saturated rings. The molecule has 1 atom stereocenters. The molecule has 122 valence electrons. The van der Waals surface area contributed by atoms with E-state index >= 15 is 0 Å². The van der Waals surface area contributed by atoms with Crippen LogP contribution < -0.4 is 0 Å². The Bertz CT molecular complexity index is 940. The zero-order chi connectivity index (χ0) is 17.4. The van der Waals surface area contributed by atoms with Gasteiger partial charge in [0.2, 0.25) is 5.78 Å². The highest BCUT2D eigenvalue weighted by Gasteiger charge is 2.27. The Balaban J connectivity index is 2.24. The lowest BCUT2D eigenvalue weighted by atomic mass is 9.92. The predicted molar refractivity (Wildman–Crippen MR) is 88.8 cm³/mol. The number of carbonyl (C=O) groups is 2. The Morgan fingerprint density at radius 2 is 1.83 bits per heavy atom. The van der Waals surface area contributed by atoms with Crippen molar-refractivity contribution in [1.82, 2.24) is 0 Å². The number of ketones is 1. The second-order valence-electron chi connectivity index (χ2n) is 5.42. The number of carbonyl (C=O) groups excluding carboxylic acids is 1. The Hall–Kier alpha value is -2.79. The number of aliphatic carboxylic acids is 1. The van der Waals surface area contributed by atoms with Gasteiger partial charge in [0.15, 0.2) is 0 Å². The van der Waals surface area contributed by atoms with Crippen LogP contribution in [0.3, 0.4) is 0 Å². The number of hydrogen-bond acceptors (Lipinski definition) is 4. The molecule has 6 heteroatoms. The van der Waals surface area contributed by atoms with Crippen molar-refractivity contribution in [2.24, 2.45) is 0 Å². The summed E-state index contributed by atoms with van der Waals surface area (Å²) in [7, 11) is 0. The molecule has 0 radical (unpaired) electrons. The Kier molecular flexibility index (Phi) is 4.03. The summed E-state index contributed by atoms with van der Waals surface area (Å²) in [5, 5.41) is 20.8. The third kappa shape index (κ3) is 2.63. The number of hydrogen-bond donors (Lipinski definition) is 2. The lowest BCUT2D eigenvalue weighted by Gasteiger charge is -2.13. The minimum absolute atomic E-state index is 0.0528. The number of aromatic hydroxyl groups is 1. The van der Waals surface area contributed by atoms with Crippen molar-refractivity contribution in [2.75, 3.05) is 0 Å². The second kappa shape index (κ2) is 6.02. The largest absolute Gasteiger partial charge is 0.507 e. The molecule has 1 aromatic heterocycles. The molecular weight excluding hydrogens is 332 g/mol. The van der Waals surface area contributed by atoms with Crippen LogP contribution in [0.1, 0.15) is 34.3 Å². The van der Waals surface area contributed by atoms with E-state index in [1.54, 1.807) is 18.2 Å². The van der Waals surface area contributed by atoms with E-state index < -0.39 is 17.7 Å². The van der Waals surface area contributed by atoms with Gasteiger partial charge in [0, 0.05) is 21.5 Å². The molecule has 0 aliphatic carbocycles. The SMILES string of the molecule is CC(C(=O)O)c1cc2ccoc2c(C(=O)c2ccc(Cl)cc2)c1O. The van der Waals surface area contributed by atoms with Crippen molar-refractivity contribution in [3.63, 3.8) is 0 Å². The van der Waals surface area contributed by atoms with E-state index in [1.807, 2.05) is 0 Å². The van der Waals surface area contributed by atoms with E-state index in [9.17, 15) is 19.8 Å². The maximum Gasteiger partial charge on any atom is 0.310 e. The summed E-state index contributed by atoms with van der Waals surface area (Å²) in [5.41, 5.74) is 0.637. The summed E-state index contributed by atoms with van der Waals surface area (Å²) in [4.78, 5) is 24.1. The van der Waals surface area contributed by atoms with Crippen LogP contribution in [0.15, 0.2) is 47.1 Å². The molecule has 0 saturated carbocycles. The summed E-state index contributed by atoms with van der Waals surface area (Å²) in [6.45, 7) is 1.44. The first-order valence-electron chi connectivity index (χ1n) is 7.16. The number of fused-ring (bicyclic) bond motifs is 1. The summed E-state index contributed by atoms with van der Waals surface area (Å²) >= 11 is 5.83. The van der Waals surface area contributed by atoms with E-state index in [4.69, 9.17) is 16.0 Å². The lowest BCUT2D eigenvalue weighted by Crippen LogP contribution is -2.10. The van der Waals surface area contributed by atoms with Crippen LogP contribution >= 0.6 is 11.6 Å². The van der Waals surface area contributed by atoms with Gasteiger partial charge in [-0.3, -0.25) is 9.59 Å². The monoisotopic (exact) mass is 344 g/mol. The van der Waals surface area contributed by atoms with Gasteiger partial charge in [-0.05, 0) is 43.3 Å². The van der Waals surface area contributed by atoms with Gasteiger partial charge >= 0.3 is 5.97 Å². The molecule has 0 amide bonds. The number of rotatable bonds is 4. The zero-order valence-electron chi connectivity index (χ0n) is 12.6. The number of benzene rings is 2. The van der Waals surface area contributed by atoms with Gasteiger partial charge in [-0.25, -0.2) is 0 Å². The molecule has 0 aliphatic rings. The maximum atomic E-state index is 12.8. The zero-order valence-corrected chi connectivity index (χ0v) is 13.4. The van der Waals surface area contributed by atoms with Crippen LogP contribution in [0.5, 0.6) is 5.75 Å². The van der Waals surface area contributed by atoms with Gasteiger partial charge < -0.3 is 14.6 Å². The smallest absolute Gasteiger partial charge is 0.310 e. The lowest BCUT2D eigenvalue weighted by molar-refractivity contribution is -0.138. The first kappa shape index (κ1) is 16.1. The quantitative estimate of drug-likeness (QED) is 0.692. The summed E-state index contributed by atoms with van der Waals surface area (Å²) in [5.74, 6) is -2.92. The highest BCUT2D eigenvalue weighted by atomic mass is 35.5. The van der Waals surface area contributed by atoms with Crippen LogP contribution in [0.2, 0.25) is 5.02 Å². The fourth-order valence-corrected chi connectivity index (χ4v) is 2.67. The number of phenolic OH excluding ortho intramolecular Hbond substituents is 1. The van der Waals surface area contributed by atoms with Gasteiger partial charge in [-0.2, -0.15) is 0 Å². The first-order valence-corrected chi connectivity index (χ1v) is 7.54. The van der Waals surface area contributed by atoms with Crippen LogP contribution in [0.25, 0.3) is 11.0 Å². The maximum absolute atomic E-state index is 12.8. The van der Waals surface area contributed by atoms with Crippen molar-refractivity contribution >= 4 is 34.3 Å². The standard InChI is InChI=1S/C18H13ClO5/c1-9(18(22)23)13-8-11-6-7-24-17(11)14(16(13)21)15(20)10-2-4-12(19)5-3-10/h2-9,21H,1H3,(H,22,23). The Morgan fingerprint density at radius 3 is 2.46 bits per heavy atom. The fraction of sp³-hybridized carbons (Fsp3) is 0.111. The molecule has 5 nitrogen and oxygen atoms in total. The van der Waals surface area contributed by atoms with Gasteiger partial charge in [0.05, 0.1) is 12.2 Å². The number of furan rings is 1.